The van der Waals surface area contributed by atoms with Crippen LogP contribution in [0, 0.1) is 12.7 Å². The highest BCUT2D eigenvalue weighted by molar-refractivity contribution is 5.82. The highest BCUT2D eigenvalue weighted by Gasteiger charge is 2.38. The van der Waals surface area contributed by atoms with Gasteiger partial charge in [0.15, 0.2) is 0 Å². The molecule has 0 spiro atoms. The monoisotopic (exact) mass is 408 g/mol. The Morgan fingerprint density at radius 1 is 1.13 bits per heavy atom. The number of amides is 1. The predicted octanol–water partition coefficient (Wildman–Crippen LogP) is 2.30. The lowest BCUT2D eigenvalue weighted by atomic mass is 10.1. The van der Waals surface area contributed by atoms with E-state index in [4.69, 9.17) is 0 Å². The molecule has 1 fully saturated rings. The molecule has 1 saturated heterocycles. The van der Waals surface area contributed by atoms with Crippen molar-refractivity contribution in [1.82, 2.24) is 30.4 Å². The number of likely N-dealkylation sites (tertiary alicyclic amines) is 1. The number of hydrogen-bond donors (Lipinski definition) is 1. The molecule has 1 aromatic heterocycles. The van der Waals surface area contributed by atoms with Gasteiger partial charge < -0.3 is 5.32 Å². The molecule has 0 saturated carbocycles. The summed E-state index contributed by atoms with van der Waals surface area (Å²) in [4.78, 5) is 15.2. The summed E-state index contributed by atoms with van der Waals surface area (Å²) < 4.78 is 14.8. The molecule has 2 heterocycles. The number of carbonyl (C=O) groups excluding carboxylic acids is 1. The SMILES string of the molecule is Cc1ccc(CN2C[C@H](n3cnnn3)C[C@H]2C(=O)NCCc2ccc(F)cc2)cc1. The van der Waals surface area contributed by atoms with Crippen LogP contribution in [0.3, 0.4) is 0 Å². The quantitative estimate of drug-likeness (QED) is 0.649. The first kappa shape index (κ1) is 20.2. The smallest absolute Gasteiger partial charge is 0.237 e. The fourth-order valence-electron chi connectivity index (χ4n) is 3.88. The lowest BCUT2D eigenvalue weighted by Gasteiger charge is -2.23. The normalized spacial score (nSPS) is 19.1. The van der Waals surface area contributed by atoms with Crippen molar-refractivity contribution in [1.29, 1.82) is 0 Å². The molecule has 3 aromatic rings. The molecule has 30 heavy (non-hydrogen) atoms. The molecule has 0 unspecified atom stereocenters. The third kappa shape index (κ3) is 4.88. The summed E-state index contributed by atoms with van der Waals surface area (Å²) in [6.45, 7) is 3.96. The molecule has 1 N–H and O–H groups in total. The molecule has 1 aliphatic heterocycles. The summed E-state index contributed by atoms with van der Waals surface area (Å²) in [6, 6.07) is 14.5. The zero-order valence-electron chi connectivity index (χ0n) is 16.9. The number of aryl methyl sites for hydroxylation is 1. The highest BCUT2D eigenvalue weighted by Crippen LogP contribution is 2.28. The Labute approximate surface area is 174 Å². The minimum absolute atomic E-state index is 0.000187. The number of halogens is 1. The second-order valence-corrected chi connectivity index (χ2v) is 7.78. The number of hydrogen-bond acceptors (Lipinski definition) is 5. The highest BCUT2D eigenvalue weighted by atomic mass is 19.1. The molecule has 2 aromatic carbocycles. The van der Waals surface area contributed by atoms with Crippen LogP contribution in [0.4, 0.5) is 4.39 Å². The van der Waals surface area contributed by atoms with Gasteiger partial charge in [-0.25, -0.2) is 9.07 Å². The fourth-order valence-corrected chi connectivity index (χ4v) is 3.88. The maximum absolute atomic E-state index is 13.0. The van der Waals surface area contributed by atoms with Crippen molar-refractivity contribution in [3.05, 3.63) is 77.4 Å². The molecule has 156 valence electrons. The Balaban J connectivity index is 1.41. The molecule has 1 aliphatic rings. The van der Waals surface area contributed by atoms with E-state index < -0.39 is 0 Å². The fraction of sp³-hybridized carbons (Fsp3) is 0.364. The van der Waals surface area contributed by atoms with Crippen LogP contribution in [0.2, 0.25) is 0 Å². The van der Waals surface area contributed by atoms with Crippen molar-refractivity contribution in [3.8, 4) is 0 Å². The lowest BCUT2D eigenvalue weighted by molar-refractivity contribution is -0.125. The minimum Gasteiger partial charge on any atom is -0.354 e. The van der Waals surface area contributed by atoms with Crippen LogP contribution in [0.25, 0.3) is 0 Å². The first-order valence-electron chi connectivity index (χ1n) is 10.1. The van der Waals surface area contributed by atoms with Gasteiger partial charge in [0.05, 0.1) is 12.1 Å². The van der Waals surface area contributed by atoms with E-state index in [1.165, 1.54) is 23.3 Å². The second kappa shape index (κ2) is 9.13. The van der Waals surface area contributed by atoms with E-state index in [1.54, 1.807) is 23.1 Å². The summed E-state index contributed by atoms with van der Waals surface area (Å²) in [5, 5.41) is 14.5. The maximum atomic E-state index is 13.0. The van der Waals surface area contributed by atoms with Crippen molar-refractivity contribution in [2.45, 2.75) is 38.4 Å². The summed E-state index contributed by atoms with van der Waals surface area (Å²) in [5.74, 6) is -0.256. The third-order valence-corrected chi connectivity index (χ3v) is 5.56. The number of carbonyl (C=O) groups is 1. The van der Waals surface area contributed by atoms with Crippen LogP contribution in [0.15, 0.2) is 54.9 Å². The molecule has 1 amide bonds. The number of nitrogens with one attached hydrogen (secondary N) is 1. The van der Waals surface area contributed by atoms with Crippen molar-refractivity contribution >= 4 is 5.91 Å². The lowest BCUT2D eigenvalue weighted by Crippen LogP contribution is -2.43. The van der Waals surface area contributed by atoms with Crippen LogP contribution in [-0.4, -0.2) is 50.1 Å². The molecule has 0 aliphatic carbocycles. The van der Waals surface area contributed by atoms with Gasteiger partial charge in [0.2, 0.25) is 5.91 Å². The summed E-state index contributed by atoms with van der Waals surface area (Å²) in [5.41, 5.74) is 3.37. The van der Waals surface area contributed by atoms with Gasteiger partial charge in [0.25, 0.3) is 0 Å². The Bertz CT molecular complexity index is 958. The van der Waals surface area contributed by atoms with Crippen LogP contribution < -0.4 is 5.32 Å². The number of benzene rings is 2. The molecular weight excluding hydrogens is 383 g/mol. The van der Waals surface area contributed by atoms with Gasteiger partial charge in [-0.1, -0.05) is 42.0 Å². The molecular formula is C22H25FN6O. The summed E-state index contributed by atoms with van der Waals surface area (Å²) >= 11 is 0. The molecule has 2 atom stereocenters. The van der Waals surface area contributed by atoms with E-state index in [-0.39, 0.29) is 23.8 Å². The van der Waals surface area contributed by atoms with Gasteiger partial charge in [-0.05, 0) is 53.5 Å². The average molecular weight is 408 g/mol. The van der Waals surface area contributed by atoms with E-state index in [0.29, 0.717) is 32.5 Å². The van der Waals surface area contributed by atoms with Crippen molar-refractivity contribution in [3.63, 3.8) is 0 Å². The standard InChI is InChI=1S/C22H25FN6O/c1-16-2-4-18(5-3-16)13-28-14-20(29-15-25-26-27-29)12-21(28)22(30)24-11-10-17-6-8-19(23)9-7-17/h2-9,15,20-21H,10-14H2,1H3,(H,24,30)/t20-,21+/m1/s1. The minimum atomic E-state index is -0.256. The third-order valence-electron chi connectivity index (χ3n) is 5.56. The Kier molecular flexibility index (Phi) is 6.13. The van der Waals surface area contributed by atoms with Crippen LogP contribution in [-0.2, 0) is 17.8 Å². The van der Waals surface area contributed by atoms with E-state index >= 15 is 0 Å². The van der Waals surface area contributed by atoms with E-state index in [2.05, 4.69) is 56.9 Å². The van der Waals surface area contributed by atoms with Gasteiger partial charge in [-0.2, -0.15) is 0 Å². The average Bonchev–Trinajstić information content (AvgIpc) is 3.41. The zero-order valence-corrected chi connectivity index (χ0v) is 16.9. The van der Waals surface area contributed by atoms with E-state index in [9.17, 15) is 9.18 Å². The van der Waals surface area contributed by atoms with E-state index in [1.807, 2.05) is 0 Å². The summed E-state index contributed by atoms with van der Waals surface area (Å²) in [7, 11) is 0. The molecule has 7 nitrogen and oxygen atoms in total. The van der Waals surface area contributed by atoms with Gasteiger partial charge in [-0.15, -0.1) is 5.10 Å². The Morgan fingerprint density at radius 2 is 1.87 bits per heavy atom. The zero-order chi connectivity index (χ0) is 20.9. The first-order chi connectivity index (χ1) is 14.6. The van der Waals surface area contributed by atoms with Gasteiger partial charge in [0, 0.05) is 19.6 Å². The number of aromatic nitrogens is 4. The van der Waals surface area contributed by atoms with Crippen molar-refractivity contribution in [2.24, 2.45) is 0 Å². The predicted molar refractivity (Wildman–Crippen MR) is 110 cm³/mol. The Morgan fingerprint density at radius 3 is 2.57 bits per heavy atom. The molecule has 8 heteroatoms. The van der Waals surface area contributed by atoms with Gasteiger partial charge in [-0.3, -0.25) is 9.69 Å². The van der Waals surface area contributed by atoms with Gasteiger partial charge in [0.1, 0.15) is 12.1 Å². The maximum Gasteiger partial charge on any atom is 0.237 e. The van der Waals surface area contributed by atoms with Crippen molar-refractivity contribution < 1.29 is 9.18 Å². The molecule has 0 bridgehead atoms. The molecule has 0 radical (unpaired) electrons. The van der Waals surface area contributed by atoms with Gasteiger partial charge >= 0.3 is 0 Å². The van der Waals surface area contributed by atoms with Crippen LogP contribution in [0.1, 0.15) is 29.2 Å². The topological polar surface area (TPSA) is 75.9 Å². The number of rotatable bonds is 7. The van der Waals surface area contributed by atoms with Crippen LogP contribution >= 0.6 is 0 Å². The largest absolute Gasteiger partial charge is 0.354 e. The summed E-state index contributed by atoms with van der Waals surface area (Å²) in [6.07, 6.45) is 2.91. The van der Waals surface area contributed by atoms with Crippen molar-refractivity contribution in [2.75, 3.05) is 13.1 Å². The molecule has 4 rings (SSSR count). The first-order valence-corrected chi connectivity index (χ1v) is 10.1. The number of tetrazole rings is 1. The van der Waals surface area contributed by atoms with E-state index in [0.717, 1.165) is 5.56 Å². The second-order valence-electron chi connectivity index (χ2n) is 7.78. The number of nitrogens with zero attached hydrogens (tertiary/aromatic N) is 5. The Hall–Kier alpha value is -3.13. The van der Waals surface area contributed by atoms with Crippen LogP contribution in [0.5, 0.6) is 0 Å².